The van der Waals surface area contributed by atoms with Crippen LogP contribution >= 0.6 is 11.8 Å². The van der Waals surface area contributed by atoms with Gasteiger partial charge in [-0.2, -0.15) is 0 Å². The first-order chi connectivity index (χ1) is 9.11. The summed E-state index contributed by atoms with van der Waals surface area (Å²) in [6, 6.07) is 9.93. The molecule has 1 saturated carbocycles. The summed E-state index contributed by atoms with van der Waals surface area (Å²) in [6.45, 7) is 2.01. The minimum Gasteiger partial charge on any atom is -0.299 e. The third-order valence-corrected chi connectivity index (χ3v) is 5.41. The van der Waals surface area contributed by atoms with Crippen molar-refractivity contribution in [3.8, 4) is 0 Å². The van der Waals surface area contributed by atoms with E-state index in [1.165, 1.54) is 11.8 Å². The van der Waals surface area contributed by atoms with E-state index in [2.05, 4.69) is 0 Å². The Morgan fingerprint density at radius 2 is 1.79 bits per heavy atom. The molecule has 0 aliphatic heterocycles. The van der Waals surface area contributed by atoms with Crippen molar-refractivity contribution < 1.29 is 9.59 Å². The van der Waals surface area contributed by atoms with Gasteiger partial charge < -0.3 is 0 Å². The second-order valence-electron chi connectivity index (χ2n) is 5.40. The first-order valence-electron chi connectivity index (χ1n) is 6.64. The first-order valence-corrected chi connectivity index (χ1v) is 7.46. The summed E-state index contributed by atoms with van der Waals surface area (Å²) in [5.41, 5.74) is 0.716. The zero-order valence-corrected chi connectivity index (χ0v) is 11.8. The molecule has 1 aromatic rings. The van der Waals surface area contributed by atoms with Crippen LogP contribution in [0.25, 0.3) is 0 Å². The van der Waals surface area contributed by atoms with Crippen LogP contribution in [0.5, 0.6) is 0 Å². The largest absolute Gasteiger partial charge is 0.299 e. The van der Waals surface area contributed by atoms with Crippen LogP contribution in [0.4, 0.5) is 0 Å². The fraction of sp³-hybridized carbons (Fsp3) is 0.375. The van der Waals surface area contributed by atoms with Gasteiger partial charge in [0.15, 0.2) is 5.78 Å². The molecule has 0 radical (unpaired) electrons. The maximum atomic E-state index is 12.2. The van der Waals surface area contributed by atoms with E-state index < -0.39 is 0 Å². The fourth-order valence-corrected chi connectivity index (χ4v) is 4.18. The fourth-order valence-electron chi connectivity index (χ4n) is 2.98. The highest BCUT2D eigenvalue weighted by Gasteiger charge is 2.46. The smallest absolute Gasteiger partial charge is 0.169 e. The van der Waals surface area contributed by atoms with Gasteiger partial charge in [0.05, 0.1) is 4.91 Å². The van der Waals surface area contributed by atoms with Crippen molar-refractivity contribution in [3.63, 3.8) is 0 Å². The van der Waals surface area contributed by atoms with Gasteiger partial charge in [0.1, 0.15) is 5.78 Å². The summed E-state index contributed by atoms with van der Waals surface area (Å²) in [4.78, 5) is 26.2. The van der Waals surface area contributed by atoms with Crippen molar-refractivity contribution in [2.24, 2.45) is 5.41 Å². The SMILES string of the molecule is CC12CCC(=O)C(Sc3ccccc3)=C1CCC2=O. The van der Waals surface area contributed by atoms with Crippen LogP contribution in [0.15, 0.2) is 45.7 Å². The van der Waals surface area contributed by atoms with Gasteiger partial charge in [0.2, 0.25) is 0 Å². The number of carbonyl (C=O) groups is 2. The summed E-state index contributed by atoms with van der Waals surface area (Å²) in [6.07, 6.45) is 2.55. The molecule has 1 aromatic carbocycles. The van der Waals surface area contributed by atoms with Gasteiger partial charge in [-0.1, -0.05) is 30.0 Å². The Morgan fingerprint density at radius 3 is 2.53 bits per heavy atom. The first kappa shape index (κ1) is 12.7. The lowest BCUT2D eigenvalue weighted by molar-refractivity contribution is -0.125. The molecule has 0 aromatic heterocycles. The molecule has 0 saturated heterocycles. The summed E-state index contributed by atoms with van der Waals surface area (Å²) < 4.78 is 0. The third-order valence-electron chi connectivity index (χ3n) is 4.23. The molecule has 1 atom stereocenters. The highest BCUT2D eigenvalue weighted by Crippen LogP contribution is 2.51. The molecule has 2 nitrogen and oxygen atoms in total. The van der Waals surface area contributed by atoms with Crippen LogP contribution < -0.4 is 0 Å². The maximum absolute atomic E-state index is 12.2. The number of fused-ring (bicyclic) bond motifs is 1. The summed E-state index contributed by atoms with van der Waals surface area (Å²) in [5, 5.41) is 0. The van der Waals surface area contributed by atoms with E-state index in [1.54, 1.807) is 0 Å². The average molecular weight is 272 g/mol. The Balaban J connectivity index is 2.02. The van der Waals surface area contributed by atoms with Gasteiger partial charge in [0.25, 0.3) is 0 Å². The molecule has 3 heteroatoms. The molecule has 0 spiro atoms. The molecule has 0 N–H and O–H groups in total. The second-order valence-corrected chi connectivity index (χ2v) is 6.49. The lowest BCUT2D eigenvalue weighted by atomic mass is 9.75. The van der Waals surface area contributed by atoms with Crippen LogP contribution in [0, 0.1) is 5.41 Å². The van der Waals surface area contributed by atoms with Crippen molar-refractivity contribution in [2.45, 2.75) is 37.5 Å². The minimum absolute atomic E-state index is 0.205. The number of hydrogen-bond acceptors (Lipinski definition) is 3. The summed E-state index contributed by atoms with van der Waals surface area (Å²) in [5.74, 6) is 0.511. The van der Waals surface area contributed by atoms with E-state index in [4.69, 9.17) is 0 Å². The number of ketones is 2. The van der Waals surface area contributed by atoms with E-state index in [0.29, 0.717) is 25.0 Å². The van der Waals surface area contributed by atoms with Gasteiger partial charge in [-0.15, -0.1) is 0 Å². The standard InChI is InChI=1S/C16H16O2S/c1-16-10-9-13(17)15(12(16)7-8-14(16)18)19-11-5-3-2-4-6-11/h2-6H,7-10H2,1H3. The predicted octanol–water partition coefficient (Wildman–Crippen LogP) is 3.76. The molecule has 3 rings (SSSR count). The maximum Gasteiger partial charge on any atom is 0.169 e. The number of carbonyl (C=O) groups excluding carboxylic acids is 2. The predicted molar refractivity (Wildman–Crippen MR) is 75.9 cm³/mol. The van der Waals surface area contributed by atoms with E-state index in [0.717, 1.165) is 21.8 Å². The van der Waals surface area contributed by atoms with Gasteiger partial charge >= 0.3 is 0 Å². The third kappa shape index (κ3) is 2.06. The molecule has 2 aliphatic rings. The van der Waals surface area contributed by atoms with Crippen LogP contribution in [0.1, 0.15) is 32.6 Å². The quantitative estimate of drug-likeness (QED) is 0.822. The van der Waals surface area contributed by atoms with Crippen LogP contribution in [-0.2, 0) is 9.59 Å². The van der Waals surface area contributed by atoms with E-state index in [-0.39, 0.29) is 11.2 Å². The molecule has 98 valence electrons. The van der Waals surface area contributed by atoms with Gasteiger partial charge in [-0.3, -0.25) is 9.59 Å². The van der Waals surface area contributed by atoms with E-state index in [1.807, 2.05) is 37.3 Å². The number of allylic oxidation sites excluding steroid dienone is 2. The average Bonchev–Trinajstić information content (AvgIpc) is 2.72. The minimum atomic E-state index is -0.370. The van der Waals surface area contributed by atoms with Gasteiger partial charge in [-0.25, -0.2) is 0 Å². The van der Waals surface area contributed by atoms with Gasteiger partial charge in [0, 0.05) is 23.2 Å². The van der Waals surface area contributed by atoms with Crippen molar-refractivity contribution in [3.05, 3.63) is 40.8 Å². The highest BCUT2D eigenvalue weighted by atomic mass is 32.2. The highest BCUT2D eigenvalue weighted by molar-refractivity contribution is 8.04. The molecular formula is C16H16O2S. The molecule has 2 aliphatic carbocycles. The number of rotatable bonds is 2. The molecule has 1 unspecified atom stereocenters. The van der Waals surface area contributed by atoms with E-state index in [9.17, 15) is 9.59 Å². The molecular weight excluding hydrogens is 256 g/mol. The van der Waals surface area contributed by atoms with Crippen LogP contribution in [0.2, 0.25) is 0 Å². The summed E-state index contributed by atoms with van der Waals surface area (Å²) in [7, 11) is 0. The number of hydrogen-bond donors (Lipinski definition) is 0. The van der Waals surface area contributed by atoms with E-state index >= 15 is 0 Å². The Kier molecular flexibility index (Phi) is 3.09. The molecule has 19 heavy (non-hydrogen) atoms. The molecule has 0 bridgehead atoms. The second kappa shape index (κ2) is 4.64. The van der Waals surface area contributed by atoms with Crippen molar-refractivity contribution in [1.29, 1.82) is 0 Å². The number of benzene rings is 1. The lowest BCUT2D eigenvalue weighted by Crippen LogP contribution is -2.29. The Hall–Kier alpha value is -1.35. The van der Waals surface area contributed by atoms with Crippen LogP contribution in [0.3, 0.4) is 0 Å². The topological polar surface area (TPSA) is 34.1 Å². The van der Waals surface area contributed by atoms with Crippen molar-refractivity contribution in [1.82, 2.24) is 0 Å². The number of Topliss-reactive ketones (excluding diaryl/α,β-unsaturated/α-hetero) is 2. The number of thioether (sulfide) groups is 1. The Bertz CT molecular complexity index is 574. The van der Waals surface area contributed by atoms with Crippen LogP contribution in [-0.4, -0.2) is 11.6 Å². The Morgan fingerprint density at radius 1 is 1.05 bits per heavy atom. The molecule has 0 heterocycles. The zero-order chi connectivity index (χ0) is 13.5. The lowest BCUT2D eigenvalue weighted by Gasteiger charge is -2.30. The normalized spacial score (nSPS) is 26.8. The molecule has 0 amide bonds. The monoisotopic (exact) mass is 272 g/mol. The summed E-state index contributed by atoms with van der Waals surface area (Å²) >= 11 is 1.53. The molecule has 1 fully saturated rings. The Labute approximate surface area is 117 Å². The van der Waals surface area contributed by atoms with Gasteiger partial charge in [-0.05, 0) is 37.5 Å². The van der Waals surface area contributed by atoms with Crippen molar-refractivity contribution >= 4 is 23.3 Å². The van der Waals surface area contributed by atoms with Crippen molar-refractivity contribution in [2.75, 3.05) is 0 Å². The zero-order valence-electron chi connectivity index (χ0n) is 10.9.